The number of amides is 1. The first-order chi connectivity index (χ1) is 16.9. The van der Waals surface area contributed by atoms with E-state index in [2.05, 4.69) is 0 Å². The number of carbonyl (C=O) groups excluding carboxylic acids is 2. The van der Waals surface area contributed by atoms with Crippen molar-refractivity contribution in [3.63, 3.8) is 0 Å². The van der Waals surface area contributed by atoms with Crippen LogP contribution in [0.25, 0.3) is 10.8 Å². The monoisotopic (exact) mass is 512 g/mol. The highest BCUT2D eigenvalue weighted by molar-refractivity contribution is 7.91. The zero-order valence-electron chi connectivity index (χ0n) is 19.6. The second kappa shape index (κ2) is 9.81. The van der Waals surface area contributed by atoms with Crippen molar-refractivity contribution in [2.24, 2.45) is 5.92 Å². The Hall–Kier alpha value is -2.59. The predicted molar refractivity (Wildman–Crippen MR) is 137 cm³/mol. The summed E-state index contributed by atoms with van der Waals surface area (Å²) in [4.78, 5) is 28.2. The molecule has 9 heteroatoms. The Morgan fingerprint density at radius 1 is 1.17 bits per heavy atom. The van der Waals surface area contributed by atoms with Gasteiger partial charge in [0.1, 0.15) is 9.99 Å². The molecule has 2 aliphatic rings. The molecule has 7 nitrogen and oxygen atoms in total. The molecule has 0 bridgehead atoms. The van der Waals surface area contributed by atoms with E-state index in [4.69, 9.17) is 4.74 Å². The lowest BCUT2D eigenvalue weighted by molar-refractivity contribution is -0.123. The maximum Gasteiger partial charge on any atom is 0.258 e. The van der Waals surface area contributed by atoms with Crippen LogP contribution in [0.2, 0.25) is 0 Å². The number of ketones is 1. The molecule has 3 heterocycles. The molecule has 1 aromatic heterocycles. The SMILES string of the molecule is COCCCN1C(=O)c2cccc3c(CC(=O)C4CCCN(S(=O)(=O)c5cccs5)C4)ccc1c23. The van der Waals surface area contributed by atoms with Crippen molar-refractivity contribution in [1.82, 2.24) is 4.31 Å². The smallest absolute Gasteiger partial charge is 0.258 e. The standard InChI is InChI=1S/C26H28N2O5S2/c1-33-14-5-13-28-22-11-10-18(20-7-2-8-21(25(20)22)26(28)30)16-23(29)19-6-3-12-27(17-19)35(31,32)24-9-4-15-34-24/h2,4,7-11,15,19H,3,5-6,12-14,16-17H2,1H3. The minimum absolute atomic E-state index is 0.0214. The normalized spacial score (nSPS) is 18.5. The quantitative estimate of drug-likeness (QED) is 0.403. The molecule has 2 aliphatic heterocycles. The second-order valence-corrected chi connectivity index (χ2v) is 12.2. The van der Waals surface area contributed by atoms with Crippen LogP contribution < -0.4 is 4.90 Å². The van der Waals surface area contributed by atoms with Gasteiger partial charge in [0.25, 0.3) is 15.9 Å². The van der Waals surface area contributed by atoms with Crippen LogP contribution in [-0.2, 0) is 26.0 Å². The average Bonchev–Trinajstić information content (AvgIpc) is 3.51. The molecular formula is C26H28N2O5S2. The zero-order valence-corrected chi connectivity index (χ0v) is 21.2. The van der Waals surface area contributed by atoms with Gasteiger partial charge in [0, 0.05) is 56.6 Å². The summed E-state index contributed by atoms with van der Waals surface area (Å²) in [5, 5.41) is 3.55. The fourth-order valence-corrected chi connectivity index (χ4v) is 7.81. The van der Waals surface area contributed by atoms with Crippen molar-refractivity contribution in [1.29, 1.82) is 0 Å². The highest BCUT2D eigenvalue weighted by atomic mass is 32.2. The molecule has 1 unspecified atom stereocenters. The van der Waals surface area contributed by atoms with Crippen LogP contribution in [0.3, 0.4) is 0 Å². The summed E-state index contributed by atoms with van der Waals surface area (Å²) in [5.74, 6) is -0.321. The van der Waals surface area contributed by atoms with Gasteiger partial charge in [-0.1, -0.05) is 24.3 Å². The van der Waals surface area contributed by atoms with E-state index in [-0.39, 0.29) is 30.6 Å². The summed E-state index contributed by atoms with van der Waals surface area (Å²) in [5.41, 5.74) is 2.41. The van der Waals surface area contributed by atoms with Crippen LogP contribution in [0, 0.1) is 5.92 Å². The van der Waals surface area contributed by atoms with E-state index < -0.39 is 10.0 Å². The third-order valence-corrected chi connectivity index (χ3v) is 10.1. The molecule has 35 heavy (non-hydrogen) atoms. The topological polar surface area (TPSA) is 84.0 Å². The number of methoxy groups -OCH3 is 1. The van der Waals surface area contributed by atoms with E-state index in [9.17, 15) is 18.0 Å². The number of ether oxygens (including phenoxy) is 1. The number of benzene rings is 2. The highest BCUT2D eigenvalue weighted by Gasteiger charge is 2.34. The molecule has 0 aliphatic carbocycles. The van der Waals surface area contributed by atoms with E-state index in [0.717, 1.165) is 28.4 Å². The first-order valence-electron chi connectivity index (χ1n) is 11.8. The molecule has 2 aromatic carbocycles. The number of nitrogens with zero attached hydrogens (tertiary/aromatic N) is 2. The summed E-state index contributed by atoms with van der Waals surface area (Å²) >= 11 is 1.20. The van der Waals surface area contributed by atoms with Crippen molar-refractivity contribution >= 4 is 49.5 Å². The molecule has 1 fully saturated rings. The van der Waals surface area contributed by atoms with Gasteiger partial charge in [-0.25, -0.2) is 8.42 Å². The maximum atomic E-state index is 13.3. The van der Waals surface area contributed by atoms with Gasteiger partial charge in [-0.05, 0) is 53.8 Å². The number of Topliss-reactive ketones (excluding diaryl/α,β-unsaturated/α-hetero) is 1. The maximum absolute atomic E-state index is 13.3. The molecule has 184 valence electrons. The molecule has 1 saturated heterocycles. The van der Waals surface area contributed by atoms with Gasteiger partial charge < -0.3 is 9.64 Å². The number of thiophene rings is 1. The Kier molecular flexibility index (Phi) is 6.76. The Bertz CT molecular complexity index is 1370. The van der Waals surface area contributed by atoms with Crippen molar-refractivity contribution in [3.05, 3.63) is 59.0 Å². The number of carbonyl (C=O) groups is 2. The Labute approximate surface area is 209 Å². The summed E-state index contributed by atoms with van der Waals surface area (Å²) < 4.78 is 32.8. The van der Waals surface area contributed by atoms with E-state index in [1.807, 2.05) is 30.3 Å². The van der Waals surface area contributed by atoms with Crippen LogP contribution in [-0.4, -0.2) is 57.8 Å². The average molecular weight is 513 g/mol. The molecule has 0 spiro atoms. The molecule has 0 saturated carbocycles. The fraction of sp³-hybridized carbons (Fsp3) is 0.385. The Balaban J connectivity index is 1.37. The molecule has 3 aromatic rings. The summed E-state index contributed by atoms with van der Waals surface area (Å²) in [7, 11) is -1.92. The van der Waals surface area contributed by atoms with E-state index in [1.54, 1.807) is 29.5 Å². The molecule has 0 N–H and O–H groups in total. The van der Waals surface area contributed by atoms with Gasteiger partial charge in [0.2, 0.25) is 0 Å². The highest BCUT2D eigenvalue weighted by Crippen LogP contribution is 2.39. The third-order valence-electron chi connectivity index (χ3n) is 6.90. The van der Waals surface area contributed by atoms with Gasteiger partial charge in [-0.15, -0.1) is 11.3 Å². The number of anilines is 1. The number of hydrogen-bond acceptors (Lipinski definition) is 6. The number of sulfonamides is 1. The Morgan fingerprint density at radius 3 is 2.80 bits per heavy atom. The minimum Gasteiger partial charge on any atom is -0.385 e. The first-order valence-corrected chi connectivity index (χ1v) is 14.2. The van der Waals surface area contributed by atoms with E-state index in [0.29, 0.717) is 42.3 Å². The number of rotatable bonds is 9. The second-order valence-electron chi connectivity index (χ2n) is 9.05. The van der Waals surface area contributed by atoms with Gasteiger partial charge in [0.05, 0.1) is 5.69 Å². The van der Waals surface area contributed by atoms with Gasteiger partial charge in [0.15, 0.2) is 0 Å². The van der Waals surface area contributed by atoms with Gasteiger partial charge in [-0.3, -0.25) is 9.59 Å². The van der Waals surface area contributed by atoms with Gasteiger partial charge >= 0.3 is 0 Å². The lowest BCUT2D eigenvalue weighted by atomic mass is 9.89. The van der Waals surface area contributed by atoms with Crippen molar-refractivity contribution < 1.29 is 22.7 Å². The molecule has 1 amide bonds. The van der Waals surface area contributed by atoms with Crippen LogP contribution in [0.4, 0.5) is 5.69 Å². The summed E-state index contributed by atoms with van der Waals surface area (Å²) in [6.45, 7) is 1.81. The fourth-order valence-electron chi connectivity index (χ4n) is 5.14. The molecule has 0 radical (unpaired) electrons. The van der Waals surface area contributed by atoms with E-state index in [1.165, 1.54) is 15.6 Å². The van der Waals surface area contributed by atoms with Crippen LogP contribution >= 0.6 is 11.3 Å². The lowest BCUT2D eigenvalue weighted by Gasteiger charge is -2.31. The first kappa shape index (κ1) is 24.1. The van der Waals surface area contributed by atoms with Crippen molar-refractivity contribution in [2.45, 2.75) is 29.9 Å². The predicted octanol–water partition coefficient (Wildman–Crippen LogP) is 4.11. The van der Waals surface area contributed by atoms with Crippen molar-refractivity contribution in [3.8, 4) is 0 Å². The summed E-state index contributed by atoms with van der Waals surface area (Å²) in [6.07, 6.45) is 2.30. The minimum atomic E-state index is -3.57. The molecule has 1 atom stereocenters. The number of piperidine rings is 1. The lowest BCUT2D eigenvalue weighted by Crippen LogP contribution is -2.42. The Morgan fingerprint density at radius 2 is 2.03 bits per heavy atom. The van der Waals surface area contributed by atoms with Crippen LogP contribution in [0.15, 0.2) is 52.1 Å². The zero-order chi connectivity index (χ0) is 24.6. The van der Waals surface area contributed by atoms with Crippen LogP contribution in [0.1, 0.15) is 35.2 Å². The largest absolute Gasteiger partial charge is 0.385 e. The van der Waals surface area contributed by atoms with Gasteiger partial charge in [-0.2, -0.15) is 4.31 Å². The molecule has 5 rings (SSSR count). The summed E-state index contributed by atoms with van der Waals surface area (Å²) in [6, 6.07) is 12.9. The molecular weight excluding hydrogens is 484 g/mol. The van der Waals surface area contributed by atoms with E-state index >= 15 is 0 Å². The third kappa shape index (κ3) is 4.42. The van der Waals surface area contributed by atoms with Crippen molar-refractivity contribution in [2.75, 3.05) is 38.3 Å². The van der Waals surface area contributed by atoms with Crippen LogP contribution in [0.5, 0.6) is 0 Å². The number of hydrogen-bond donors (Lipinski definition) is 0.